The predicted molar refractivity (Wildman–Crippen MR) is 145 cm³/mol. The summed E-state index contributed by atoms with van der Waals surface area (Å²) in [5.74, 6) is -1.13. The lowest BCUT2D eigenvalue weighted by Crippen LogP contribution is -2.58. The number of nitrogens with two attached hydrogens (primary N) is 1. The van der Waals surface area contributed by atoms with Gasteiger partial charge in [-0.05, 0) is 49.4 Å². The molecular weight excluding hydrogens is 518 g/mol. The van der Waals surface area contributed by atoms with Crippen LogP contribution in [0.2, 0.25) is 0 Å². The number of rotatable bonds is 2. The monoisotopic (exact) mass is 553 g/mol. The van der Waals surface area contributed by atoms with E-state index >= 15 is 0 Å². The number of carboxylic acid groups (broad SMARTS) is 1. The summed E-state index contributed by atoms with van der Waals surface area (Å²) in [4.78, 5) is 60.2. The summed E-state index contributed by atoms with van der Waals surface area (Å²) in [6, 6.07) is 13.7. The van der Waals surface area contributed by atoms with Crippen LogP contribution in [0.4, 0.5) is 0 Å². The number of benzene rings is 2. The zero-order valence-corrected chi connectivity index (χ0v) is 22.2. The van der Waals surface area contributed by atoms with Gasteiger partial charge in [0.15, 0.2) is 0 Å². The van der Waals surface area contributed by atoms with Crippen LogP contribution in [0.5, 0.6) is 5.75 Å². The van der Waals surface area contributed by atoms with Crippen LogP contribution in [-0.2, 0) is 36.8 Å². The summed E-state index contributed by atoms with van der Waals surface area (Å²) in [7, 11) is 0. The lowest BCUT2D eigenvalue weighted by Gasteiger charge is -2.25. The predicted octanol–water partition coefficient (Wildman–Crippen LogP) is -0.353. The summed E-state index contributed by atoms with van der Waals surface area (Å²) in [6.45, 7) is 1.80. The molecule has 12 nitrogen and oxygen atoms in total. The zero-order valence-electron chi connectivity index (χ0n) is 22.2. The van der Waals surface area contributed by atoms with Gasteiger partial charge in [-0.15, -0.1) is 0 Å². The third-order valence-corrected chi connectivity index (χ3v) is 6.59. The fraction of sp³-hybridized carbons (Fsp3) is 0.393. The van der Waals surface area contributed by atoms with Gasteiger partial charge in [-0.1, -0.05) is 42.5 Å². The molecule has 3 atom stereocenters. The molecule has 2 bridgehead atoms. The fourth-order valence-corrected chi connectivity index (χ4v) is 4.17. The molecule has 1 fully saturated rings. The molecule has 1 spiro atoms. The van der Waals surface area contributed by atoms with Crippen molar-refractivity contribution in [3.05, 3.63) is 65.7 Å². The molecule has 0 saturated heterocycles. The molecule has 3 aliphatic rings. The van der Waals surface area contributed by atoms with Gasteiger partial charge in [0.2, 0.25) is 23.6 Å². The molecule has 2 aromatic rings. The highest BCUT2D eigenvalue weighted by Gasteiger charge is 2.51. The maximum absolute atomic E-state index is 13.3. The Morgan fingerprint density at radius 2 is 1.62 bits per heavy atom. The van der Waals surface area contributed by atoms with Crippen LogP contribution in [0.1, 0.15) is 30.9 Å². The number of carbonyl (C=O) groups excluding carboxylic acids is 4. The lowest BCUT2D eigenvalue weighted by atomic mass is 10.0. The van der Waals surface area contributed by atoms with Gasteiger partial charge < -0.3 is 36.8 Å². The quantitative estimate of drug-likeness (QED) is 0.215. The first kappa shape index (κ1) is 30.1. The Balaban J connectivity index is 0.00000141. The molecule has 0 radical (unpaired) electrons. The van der Waals surface area contributed by atoms with E-state index in [0.717, 1.165) is 11.1 Å². The van der Waals surface area contributed by atoms with Gasteiger partial charge in [-0.25, -0.2) is 0 Å². The second kappa shape index (κ2) is 14.1. The molecule has 1 aliphatic carbocycles. The van der Waals surface area contributed by atoms with Gasteiger partial charge >= 0.3 is 0 Å². The average molecular weight is 554 g/mol. The molecule has 12 heteroatoms. The summed E-state index contributed by atoms with van der Waals surface area (Å²) >= 11 is 0. The number of hydrogen-bond acceptors (Lipinski definition) is 7. The number of ether oxygens (including phenoxy) is 1. The highest BCUT2D eigenvalue weighted by atomic mass is 16.5. The van der Waals surface area contributed by atoms with Gasteiger partial charge in [0.05, 0.1) is 12.6 Å². The topological polar surface area (TPSA) is 189 Å². The number of hydrogen-bond donors (Lipinski definition) is 6. The summed E-state index contributed by atoms with van der Waals surface area (Å²) in [5.41, 5.74) is 6.76. The van der Waals surface area contributed by atoms with Crippen LogP contribution in [0, 0.1) is 0 Å². The molecule has 2 aliphatic heterocycles. The van der Waals surface area contributed by atoms with Crippen LogP contribution in [0.3, 0.4) is 0 Å². The first-order valence-corrected chi connectivity index (χ1v) is 13.0. The largest absolute Gasteiger partial charge is 0.492 e. The van der Waals surface area contributed by atoms with E-state index in [9.17, 15) is 19.2 Å². The molecule has 7 N–H and O–H groups in total. The van der Waals surface area contributed by atoms with Gasteiger partial charge in [-0.2, -0.15) is 0 Å². The van der Waals surface area contributed by atoms with Crippen molar-refractivity contribution >= 4 is 30.1 Å². The molecule has 40 heavy (non-hydrogen) atoms. The Hall–Kier alpha value is -4.45. The van der Waals surface area contributed by atoms with Crippen molar-refractivity contribution in [3.63, 3.8) is 0 Å². The van der Waals surface area contributed by atoms with Crippen molar-refractivity contribution in [1.29, 1.82) is 0 Å². The molecule has 4 amide bonds. The second-order valence-electron chi connectivity index (χ2n) is 9.72. The minimum absolute atomic E-state index is 0.222. The van der Waals surface area contributed by atoms with Crippen molar-refractivity contribution in [2.45, 2.75) is 56.3 Å². The number of amides is 4. The molecule has 1 saturated carbocycles. The van der Waals surface area contributed by atoms with Gasteiger partial charge in [-0.3, -0.25) is 24.0 Å². The van der Waals surface area contributed by atoms with Crippen LogP contribution in [0.15, 0.2) is 54.6 Å². The summed E-state index contributed by atoms with van der Waals surface area (Å²) < 4.78 is 5.70. The van der Waals surface area contributed by atoms with E-state index < -0.39 is 41.4 Å². The maximum atomic E-state index is 13.3. The van der Waals surface area contributed by atoms with Crippen LogP contribution in [-0.4, -0.2) is 72.0 Å². The SMILES string of the molecule is C[C@@H]1NC(=O)[C@@H](N)Cc2ccc(cc2)OCCNC(=O)C2(CC2)NC(=O)[C@@H](Cc2ccccc2)NC1=O.O=CO. The van der Waals surface area contributed by atoms with E-state index in [1.165, 1.54) is 6.92 Å². The van der Waals surface area contributed by atoms with Crippen LogP contribution >= 0.6 is 0 Å². The smallest absolute Gasteiger partial charge is 0.290 e. The Bertz CT molecular complexity index is 1190. The normalized spacial score (nSPS) is 23.2. The molecule has 2 heterocycles. The van der Waals surface area contributed by atoms with E-state index in [2.05, 4.69) is 21.3 Å². The number of fused-ring (bicyclic) bond motifs is 15. The third kappa shape index (κ3) is 8.53. The minimum Gasteiger partial charge on any atom is -0.492 e. The Morgan fingerprint density at radius 3 is 2.25 bits per heavy atom. The van der Waals surface area contributed by atoms with Gasteiger partial charge in [0.25, 0.3) is 6.47 Å². The molecular formula is C28H35N5O7. The van der Waals surface area contributed by atoms with Crippen molar-refractivity contribution in [3.8, 4) is 5.75 Å². The highest BCUT2D eigenvalue weighted by Crippen LogP contribution is 2.35. The van der Waals surface area contributed by atoms with E-state index in [4.69, 9.17) is 20.4 Å². The minimum atomic E-state index is -1.01. The van der Waals surface area contributed by atoms with Crippen molar-refractivity contribution in [2.75, 3.05) is 13.2 Å². The van der Waals surface area contributed by atoms with Crippen molar-refractivity contribution < 1.29 is 33.8 Å². The molecule has 0 aromatic heterocycles. The molecule has 0 unspecified atom stereocenters. The Kier molecular flexibility index (Phi) is 10.6. The van der Waals surface area contributed by atoms with Gasteiger partial charge in [0.1, 0.15) is 30.0 Å². The highest BCUT2D eigenvalue weighted by molar-refractivity contribution is 5.97. The molecule has 2 aromatic carbocycles. The molecule has 214 valence electrons. The van der Waals surface area contributed by atoms with E-state index in [-0.39, 0.29) is 38.4 Å². The Labute approximate surface area is 232 Å². The number of carbonyl (C=O) groups is 5. The Morgan fingerprint density at radius 1 is 0.975 bits per heavy atom. The second-order valence-corrected chi connectivity index (χ2v) is 9.72. The van der Waals surface area contributed by atoms with Gasteiger partial charge in [0, 0.05) is 6.42 Å². The van der Waals surface area contributed by atoms with Crippen LogP contribution < -0.4 is 31.7 Å². The van der Waals surface area contributed by atoms with E-state index in [1.54, 1.807) is 12.1 Å². The first-order chi connectivity index (χ1) is 19.2. The van der Waals surface area contributed by atoms with Crippen molar-refractivity contribution in [2.24, 2.45) is 5.73 Å². The standard InChI is InChI=1S/C27H33N5O5.CH2O2/c1-17-23(33)31-22(16-18-5-3-2-4-6-18)25(35)32-27(11-12-27)26(36)29-13-14-37-20-9-7-19(8-10-20)15-21(28)24(34)30-17;2-1-3/h2-10,17,21-22H,11-16,28H2,1H3,(H,29,36)(H,30,34)(H,31,33)(H,32,35);1H,(H,2,3)/t17-,21-,22+;/m0./s1. The van der Waals surface area contributed by atoms with Crippen molar-refractivity contribution in [1.82, 2.24) is 21.3 Å². The van der Waals surface area contributed by atoms with E-state index in [0.29, 0.717) is 18.6 Å². The molecule has 5 rings (SSSR count). The third-order valence-electron chi connectivity index (χ3n) is 6.59. The first-order valence-electron chi connectivity index (χ1n) is 13.0. The zero-order chi connectivity index (χ0) is 29.1. The lowest BCUT2D eigenvalue weighted by molar-refractivity contribution is -0.134. The summed E-state index contributed by atoms with van der Waals surface area (Å²) in [6.07, 6.45) is 1.50. The van der Waals surface area contributed by atoms with Crippen LogP contribution in [0.25, 0.3) is 0 Å². The average Bonchev–Trinajstić information content (AvgIpc) is 3.72. The maximum Gasteiger partial charge on any atom is 0.290 e. The number of nitrogens with one attached hydrogen (secondary N) is 4. The summed E-state index contributed by atoms with van der Waals surface area (Å²) in [5, 5.41) is 17.9. The van der Waals surface area contributed by atoms with E-state index in [1.807, 2.05) is 42.5 Å². The fourth-order valence-electron chi connectivity index (χ4n) is 4.17.